The number of aromatic carboxylic acids is 1. The van der Waals surface area contributed by atoms with Gasteiger partial charge in [-0.3, -0.25) is 4.40 Å². The van der Waals surface area contributed by atoms with Crippen LogP contribution >= 0.6 is 0 Å². The van der Waals surface area contributed by atoms with Gasteiger partial charge >= 0.3 is 5.97 Å². The third-order valence-corrected chi connectivity index (χ3v) is 3.89. The van der Waals surface area contributed by atoms with E-state index in [-0.39, 0.29) is 5.69 Å². The predicted molar refractivity (Wildman–Crippen MR) is 89.4 cm³/mol. The first-order valence-corrected chi connectivity index (χ1v) is 7.45. The summed E-state index contributed by atoms with van der Waals surface area (Å²) in [5, 5.41) is 9.28. The van der Waals surface area contributed by atoms with Crippen molar-refractivity contribution >= 4 is 11.6 Å². The van der Waals surface area contributed by atoms with Gasteiger partial charge in [0.1, 0.15) is 11.5 Å². The van der Waals surface area contributed by atoms with Crippen LogP contribution in [0.5, 0.6) is 0 Å². The number of fused-ring (bicyclic) bond motifs is 1. The van der Waals surface area contributed by atoms with Crippen molar-refractivity contribution in [2.45, 2.75) is 6.92 Å². The lowest BCUT2D eigenvalue weighted by Gasteiger charge is -2.10. The Morgan fingerprint density at radius 2 is 2.00 bits per heavy atom. The van der Waals surface area contributed by atoms with Crippen molar-refractivity contribution in [2.75, 3.05) is 0 Å². The Morgan fingerprint density at radius 1 is 1.12 bits per heavy atom. The maximum Gasteiger partial charge on any atom is 0.354 e. The lowest BCUT2D eigenvalue weighted by molar-refractivity contribution is 0.0689. The zero-order valence-corrected chi connectivity index (χ0v) is 12.9. The van der Waals surface area contributed by atoms with E-state index in [2.05, 4.69) is 9.97 Å². The van der Waals surface area contributed by atoms with Crippen LogP contribution in [-0.2, 0) is 0 Å². The number of imidazole rings is 1. The predicted octanol–water partition coefficient (Wildman–Crippen LogP) is 3.19. The van der Waals surface area contributed by atoms with Gasteiger partial charge in [0.2, 0.25) is 0 Å². The Balaban J connectivity index is 1.88. The molecule has 4 aromatic heterocycles. The molecular weight excluding hydrogens is 304 g/mol. The average molecular weight is 318 g/mol. The van der Waals surface area contributed by atoms with E-state index in [0.717, 1.165) is 22.8 Å². The van der Waals surface area contributed by atoms with Crippen molar-refractivity contribution < 1.29 is 9.90 Å². The highest BCUT2D eigenvalue weighted by Gasteiger charge is 2.13. The number of rotatable bonds is 3. The van der Waals surface area contributed by atoms with Gasteiger partial charge in [-0.1, -0.05) is 6.07 Å². The number of aryl methyl sites for hydroxylation is 1. The molecule has 1 N–H and O–H groups in total. The molecule has 0 radical (unpaired) electrons. The van der Waals surface area contributed by atoms with Crippen LogP contribution in [0.2, 0.25) is 0 Å². The van der Waals surface area contributed by atoms with E-state index in [1.165, 1.54) is 6.20 Å². The second-order valence-electron chi connectivity index (χ2n) is 5.50. The second kappa shape index (κ2) is 5.34. The molecule has 24 heavy (non-hydrogen) atoms. The fraction of sp³-hybridized carbons (Fsp3) is 0.0556. The van der Waals surface area contributed by atoms with Crippen LogP contribution in [0.25, 0.3) is 22.7 Å². The van der Waals surface area contributed by atoms with Crippen LogP contribution < -0.4 is 0 Å². The molecule has 0 spiro atoms. The molecule has 0 aliphatic carbocycles. The Morgan fingerprint density at radius 3 is 2.79 bits per heavy atom. The largest absolute Gasteiger partial charge is 0.477 e. The molecule has 0 amide bonds. The summed E-state index contributed by atoms with van der Waals surface area (Å²) in [6.07, 6.45) is 5.09. The molecule has 0 saturated heterocycles. The minimum absolute atomic E-state index is 0.138. The van der Waals surface area contributed by atoms with Gasteiger partial charge in [-0.15, -0.1) is 0 Å². The van der Waals surface area contributed by atoms with E-state index >= 15 is 0 Å². The van der Waals surface area contributed by atoms with Crippen molar-refractivity contribution in [3.05, 3.63) is 72.4 Å². The standard InChI is InChI=1S/C18H14N4O2/c1-12-4-2-6-17(20-12)21-9-3-5-14(21)13-7-8-16-19-10-15(18(23)24)22(16)11-13/h2-11H,1H3,(H,23,24). The van der Waals surface area contributed by atoms with E-state index in [1.54, 1.807) is 10.6 Å². The van der Waals surface area contributed by atoms with Crippen LogP contribution in [0.3, 0.4) is 0 Å². The third kappa shape index (κ3) is 2.25. The molecule has 6 nitrogen and oxygen atoms in total. The van der Waals surface area contributed by atoms with E-state index < -0.39 is 5.97 Å². The average Bonchev–Trinajstić information content (AvgIpc) is 3.21. The van der Waals surface area contributed by atoms with Gasteiger partial charge in [-0.25, -0.2) is 14.8 Å². The highest BCUT2D eigenvalue weighted by molar-refractivity contribution is 5.86. The van der Waals surface area contributed by atoms with Gasteiger partial charge in [0.25, 0.3) is 0 Å². The van der Waals surface area contributed by atoms with Gasteiger partial charge in [0, 0.05) is 23.7 Å². The van der Waals surface area contributed by atoms with Gasteiger partial charge in [0.05, 0.1) is 11.9 Å². The summed E-state index contributed by atoms with van der Waals surface area (Å²) in [5.74, 6) is -0.186. The van der Waals surface area contributed by atoms with Crippen molar-refractivity contribution in [3.8, 4) is 17.1 Å². The minimum atomic E-state index is -1.00. The van der Waals surface area contributed by atoms with E-state index in [4.69, 9.17) is 0 Å². The molecule has 4 heterocycles. The highest BCUT2D eigenvalue weighted by Crippen LogP contribution is 2.24. The van der Waals surface area contributed by atoms with Gasteiger partial charge in [0.15, 0.2) is 5.69 Å². The summed E-state index contributed by atoms with van der Waals surface area (Å²) in [6.45, 7) is 1.95. The van der Waals surface area contributed by atoms with Gasteiger partial charge in [-0.2, -0.15) is 0 Å². The molecule has 4 aromatic rings. The molecule has 4 rings (SSSR count). The fourth-order valence-electron chi connectivity index (χ4n) is 2.77. The van der Waals surface area contributed by atoms with Gasteiger partial charge < -0.3 is 9.67 Å². The molecule has 6 heteroatoms. The Kier molecular flexibility index (Phi) is 3.16. The zero-order chi connectivity index (χ0) is 16.7. The maximum atomic E-state index is 11.3. The number of nitrogens with zero attached hydrogens (tertiary/aromatic N) is 4. The van der Waals surface area contributed by atoms with Gasteiger partial charge in [-0.05, 0) is 43.3 Å². The molecule has 0 aromatic carbocycles. The highest BCUT2D eigenvalue weighted by atomic mass is 16.4. The first-order valence-electron chi connectivity index (χ1n) is 7.45. The molecular formula is C18H14N4O2. The number of aromatic nitrogens is 4. The number of hydrogen-bond acceptors (Lipinski definition) is 3. The number of carboxylic acids is 1. The first kappa shape index (κ1) is 14.2. The number of hydrogen-bond donors (Lipinski definition) is 1. The minimum Gasteiger partial charge on any atom is -0.477 e. The topological polar surface area (TPSA) is 72.4 Å². The van der Waals surface area contributed by atoms with Crippen LogP contribution in [0.4, 0.5) is 0 Å². The molecule has 0 atom stereocenters. The van der Waals surface area contributed by atoms with Crippen molar-refractivity contribution in [3.63, 3.8) is 0 Å². The number of pyridine rings is 2. The maximum absolute atomic E-state index is 11.3. The lowest BCUT2D eigenvalue weighted by Crippen LogP contribution is -2.03. The molecule has 0 bridgehead atoms. The summed E-state index contributed by atoms with van der Waals surface area (Å²) in [6, 6.07) is 13.5. The number of carboxylic acid groups (broad SMARTS) is 1. The molecule has 0 unspecified atom stereocenters. The van der Waals surface area contributed by atoms with Crippen molar-refractivity contribution in [2.24, 2.45) is 0 Å². The Hall–Kier alpha value is -3.41. The van der Waals surface area contributed by atoms with E-state index in [1.807, 2.05) is 60.2 Å². The van der Waals surface area contributed by atoms with Crippen LogP contribution in [0.1, 0.15) is 16.2 Å². The monoisotopic (exact) mass is 318 g/mol. The summed E-state index contributed by atoms with van der Waals surface area (Å²) >= 11 is 0. The third-order valence-electron chi connectivity index (χ3n) is 3.89. The zero-order valence-electron chi connectivity index (χ0n) is 12.9. The molecule has 0 saturated carbocycles. The van der Waals surface area contributed by atoms with E-state index in [9.17, 15) is 9.90 Å². The van der Waals surface area contributed by atoms with E-state index in [0.29, 0.717) is 5.65 Å². The summed E-state index contributed by atoms with van der Waals surface area (Å²) < 4.78 is 3.56. The lowest BCUT2D eigenvalue weighted by atomic mass is 10.2. The second-order valence-corrected chi connectivity index (χ2v) is 5.50. The van der Waals surface area contributed by atoms with Crippen LogP contribution in [0, 0.1) is 6.92 Å². The Labute approximate surface area is 137 Å². The van der Waals surface area contributed by atoms with Crippen LogP contribution in [-0.4, -0.2) is 30.0 Å². The fourth-order valence-corrected chi connectivity index (χ4v) is 2.77. The quantitative estimate of drug-likeness (QED) is 0.629. The normalized spacial score (nSPS) is 11.0. The van der Waals surface area contributed by atoms with Crippen LogP contribution in [0.15, 0.2) is 61.1 Å². The summed E-state index contributed by atoms with van der Waals surface area (Å²) in [5.41, 5.74) is 3.49. The smallest absolute Gasteiger partial charge is 0.354 e. The molecule has 118 valence electrons. The number of carbonyl (C=O) groups is 1. The SMILES string of the molecule is Cc1cccc(-n2cccc2-c2ccc3ncc(C(=O)O)n3c2)n1. The summed E-state index contributed by atoms with van der Waals surface area (Å²) in [4.78, 5) is 20.0. The Bertz CT molecular complexity index is 1060. The van der Waals surface area contributed by atoms with Crippen molar-refractivity contribution in [1.29, 1.82) is 0 Å². The first-order chi connectivity index (χ1) is 11.6. The summed E-state index contributed by atoms with van der Waals surface area (Å²) in [7, 11) is 0. The molecule has 0 aliphatic heterocycles. The van der Waals surface area contributed by atoms with Crippen molar-refractivity contribution in [1.82, 2.24) is 18.9 Å². The molecule has 0 aliphatic rings. The molecule has 0 fully saturated rings.